The third-order valence-corrected chi connectivity index (χ3v) is 5.22. The topological polar surface area (TPSA) is 83.8 Å². The van der Waals surface area contributed by atoms with Crippen LogP contribution in [-0.4, -0.2) is 36.5 Å². The van der Waals surface area contributed by atoms with Gasteiger partial charge in [-0.2, -0.15) is 0 Å². The van der Waals surface area contributed by atoms with Crippen LogP contribution in [0, 0.1) is 0 Å². The molecular formula is C21H19N3O5. The van der Waals surface area contributed by atoms with Crippen molar-refractivity contribution < 1.29 is 23.7 Å². The predicted octanol–water partition coefficient (Wildman–Crippen LogP) is 3.09. The van der Waals surface area contributed by atoms with Crippen molar-refractivity contribution in [1.82, 2.24) is 9.55 Å². The van der Waals surface area contributed by atoms with Crippen LogP contribution in [-0.2, 0) is 4.79 Å². The number of hydrogen-bond donors (Lipinski definition) is 1. The molecule has 3 heterocycles. The first kappa shape index (κ1) is 17.4. The van der Waals surface area contributed by atoms with Gasteiger partial charge in [0.1, 0.15) is 12.1 Å². The van der Waals surface area contributed by atoms with E-state index in [-0.39, 0.29) is 25.0 Å². The fourth-order valence-electron chi connectivity index (χ4n) is 3.83. The third-order valence-electron chi connectivity index (χ3n) is 5.22. The van der Waals surface area contributed by atoms with Gasteiger partial charge in [-0.3, -0.25) is 4.79 Å². The fourth-order valence-corrected chi connectivity index (χ4v) is 3.83. The molecule has 2 aliphatic heterocycles. The van der Waals surface area contributed by atoms with Gasteiger partial charge in [0.05, 0.1) is 19.9 Å². The highest BCUT2D eigenvalue weighted by molar-refractivity contribution is 5.94. The number of anilines is 1. The zero-order valence-electron chi connectivity index (χ0n) is 16.0. The van der Waals surface area contributed by atoms with Crippen LogP contribution in [0.3, 0.4) is 0 Å². The van der Waals surface area contributed by atoms with E-state index in [2.05, 4.69) is 10.3 Å². The predicted molar refractivity (Wildman–Crippen MR) is 104 cm³/mol. The molecule has 148 valence electrons. The van der Waals surface area contributed by atoms with Crippen molar-refractivity contribution >= 4 is 11.7 Å². The average Bonchev–Trinajstić information content (AvgIpc) is 3.39. The van der Waals surface area contributed by atoms with Gasteiger partial charge in [-0.25, -0.2) is 4.98 Å². The summed E-state index contributed by atoms with van der Waals surface area (Å²) in [7, 11) is 3.22. The lowest BCUT2D eigenvalue weighted by molar-refractivity contribution is -0.116. The highest BCUT2D eigenvalue weighted by atomic mass is 16.7. The lowest BCUT2D eigenvalue weighted by Gasteiger charge is -2.25. The van der Waals surface area contributed by atoms with Crippen LogP contribution in [0.1, 0.15) is 23.6 Å². The number of amides is 1. The summed E-state index contributed by atoms with van der Waals surface area (Å²) in [6, 6.07) is 11.5. The number of aromatic nitrogens is 2. The molecule has 1 amide bonds. The van der Waals surface area contributed by atoms with Crippen LogP contribution in [0.15, 0.2) is 42.7 Å². The summed E-state index contributed by atoms with van der Waals surface area (Å²) in [5, 5.41) is 2.87. The van der Waals surface area contributed by atoms with Gasteiger partial charge in [0.15, 0.2) is 17.3 Å². The van der Waals surface area contributed by atoms with E-state index in [1.165, 1.54) is 0 Å². The highest BCUT2D eigenvalue weighted by Gasteiger charge is 2.33. The third kappa shape index (κ3) is 2.84. The van der Waals surface area contributed by atoms with Gasteiger partial charge in [-0.1, -0.05) is 0 Å². The average molecular weight is 393 g/mol. The molecule has 0 saturated carbocycles. The molecule has 8 nitrogen and oxygen atoms in total. The first-order valence-electron chi connectivity index (χ1n) is 9.17. The number of carbonyl (C=O) groups excluding carboxylic acids is 1. The smallest absolute Gasteiger partial charge is 0.231 e. The summed E-state index contributed by atoms with van der Waals surface area (Å²) in [6.07, 6.45) is 2.01. The van der Waals surface area contributed by atoms with Gasteiger partial charge in [-0.15, -0.1) is 0 Å². The van der Waals surface area contributed by atoms with E-state index < -0.39 is 0 Å². The van der Waals surface area contributed by atoms with Crippen molar-refractivity contribution in [1.29, 1.82) is 0 Å². The summed E-state index contributed by atoms with van der Waals surface area (Å²) < 4.78 is 23.8. The number of methoxy groups -OCH3 is 2. The molecule has 0 bridgehead atoms. The van der Waals surface area contributed by atoms with E-state index in [0.717, 1.165) is 22.7 Å². The zero-order chi connectivity index (χ0) is 20.0. The first-order valence-corrected chi connectivity index (χ1v) is 9.17. The molecule has 0 aliphatic carbocycles. The number of hydrogen-bond acceptors (Lipinski definition) is 6. The van der Waals surface area contributed by atoms with Crippen molar-refractivity contribution in [3.63, 3.8) is 0 Å². The highest BCUT2D eigenvalue weighted by Crippen LogP contribution is 2.46. The van der Waals surface area contributed by atoms with Gasteiger partial charge in [0, 0.05) is 18.0 Å². The van der Waals surface area contributed by atoms with Crippen molar-refractivity contribution in [2.24, 2.45) is 0 Å². The Hall–Kier alpha value is -3.68. The summed E-state index contributed by atoms with van der Waals surface area (Å²) in [4.78, 5) is 16.8. The Morgan fingerprint density at radius 1 is 1.14 bits per heavy atom. The number of carbonyl (C=O) groups is 1. The first-order chi connectivity index (χ1) is 14.2. The molecule has 0 fully saturated rings. The number of nitrogens with zero attached hydrogens (tertiary/aromatic N) is 2. The Bertz CT molecular complexity index is 1090. The minimum atomic E-state index is -0.216. The maximum atomic E-state index is 12.4. The molecule has 2 aliphatic rings. The summed E-state index contributed by atoms with van der Waals surface area (Å²) >= 11 is 0. The van der Waals surface area contributed by atoms with Crippen molar-refractivity contribution in [3.05, 3.63) is 54.0 Å². The Labute approximate surface area is 167 Å². The van der Waals surface area contributed by atoms with Crippen molar-refractivity contribution in [3.8, 4) is 28.7 Å². The molecule has 0 saturated heterocycles. The number of ether oxygens (including phenoxy) is 4. The van der Waals surface area contributed by atoms with Gasteiger partial charge in [-0.05, 0) is 42.0 Å². The Morgan fingerprint density at radius 2 is 1.97 bits per heavy atom. The molecular weight excluding hydrogens is 374 g/mol. The molecule has 3 aromatic rings. The quantitative estimate of drug-likeness (QED) is 0.733. The lowest BCUT2D eigenvalue weighted by Crippen LogP contribution is -2.25. The van der Waals surface area contributed by atoms with Crippen LogP contribution >= 0.6 is 0 Å². The fraction of sp³-hybridized carbons (Fsp3) is 0.238. The van der Waals surface area contributed by atoms with Gasteiger partial charge < -0.3 is 28.8 Å². The Morgan fingerprint density at radius 3 is 2.72 bits per heavy atom. The monoisotopic (exact) mass is 393 g/mol. The summed E-state index contributed by atoms with van der Waals surface area (Å²) in [5.74, 6) is 2.80. The molecule has 1 unspecified atom stereocenters. The van der Waals surface area contributed by atoms with E-state index in [4.69, 9.17) is 18.9 Å². The maximum absolute atomic E-state index is 12.4. The Balaban J connectivity index is 1.63. The SMILES string of the molecule is COc1ccc(-n2cnc3c2C(c2cc(OC)c4c(c2)OCO4)CC(=O)N3)cc1. The molecule has 0 spiro atoms. The van der Waals surface area contributed by atoms with Crippen LogP contribution in [0.4, 0.5) is 5.82 Å². The second-order valence-corrected chi connectivity index (χ2v) is 6.81. The summed E-state index contributed by atoms with van der Waals surface area (Å²) in [6.45, 7) is 0.148. The molecule has 1 N–H and O–H groups in total. The van der Waals surface area contributed by atoms with Crippen LogP contribution < -0.4 is 24.3 Å². The minimum Gasteiger partial charge on any atom is -0.497 e. The second-order valence-electron chi connectivity index (χ2n) is 6.81. The Kier molecular flexibility index (Phi) is 4.04. The molecule has 0 radical (unpaired) electrons. The van der Waals surface area contributed by atoms with Gasteiger partial charge >= 0.3 is 0 Å². The second kappa shape index (κ2) is 6.73. The normalized spacial score (nSPS) is 16.9. The van der Waals surface area contributed by atoms with Crippen LogP contribution in [0.2, 0.25) is 0 Å². The minimum absolute atomic E-state index is 0.0842. The van der Waals surface area contributed by atoms with Crippen LogP contribution in [0.25, 0.3) is 5.69 Å². The number of imidazole rings is 1. The zero-order valence-corrected chi connectivity index (χ0v) is 16.0. The van der Waals surface area contributed by atoms with Gasteiger partial charge in [0.2, 0.25) is 18.4 Å². The molecule has 5 rings (SSSR count). The standard InChI is InChI=1S/C21H19N3O5/c1-26-14-5-3-13(4-6-14)24-10-22-21-19(24)15(9-18(25)23-21)12-7-16(27-2)20-17(8-12)28-11-29-20/h3-8,10,15H,9,11H2,1-2H3,(H,23,25). The largest absolute Gasteiger partial charge is 0.497 e. The summed E-state index contributed by atoms with van der Waals surface area (Å²) in [5.41, 5.74) is 2.72. The molecule has 1 atom stereocenters. The van der Waals surface area contributed by atoms with Crippen molar-refractivity contribution in [2.75, 3.05) is 26.3 Å². The molecule has 29 heavy (non-hydrogen) atoms. The van der Waals surface area contributed by atoms with E-state index in [9.17, 15) is 4.79 Å². The molecule has 8 heteroatoms. The van der Waals surface area contributed by atoms with E-state index >= 15 is 0 Å². The van der Waals surface area contributed by atoms with Crippen molar-refractivity contribution in [2.45, 2.75) is 12.3 Å². The number of rotatable bonds is 4. The van der Waals surface area contributed by atoms with Crippen LogP contribution in [0.5, 0.6) is 23.0 Å². The number of nitrogens with one attached hydrogen (secondary N) is 1. The number of fused-ring (bicyclic) bond motifs is 2. The van der Waals surface area contributed by atoms with E-state index in [1.807, 2.05) is 41.0 Å². The maximum Gasteiger partial charge on any atom is 0.231 e. The van der Waals surface area contributed by atoms with E-state index in [0.29, 0.717) is 23.1 Å². The van der Waals surface area contributed by atoms with E-state index in [1.54, 1.807) is 20.5 Å². The lowest BCUT2D eigenvalue weighted by atomic mass is 9.89. The molecule has 1 aromatic heterocycles. The van der Waals surface area contributed by atoms with Gasteiger partial charge in [0.25, 0.3) is 0 Å². The number of benzene rings is 2. The molecule has 2 aromatic carbocycles.